The van der Waals surface area contributed by atoms with Crippen molar-refractivity contribution in [2.24, 2.45) is 5.92 Å². The van der Waals surface area contributed by atoms with Crippen LogP contribution in [0.3, 0.4) is 0 Å². The fraction of sp³-hybridized carbons (Fsp3) is 0.500. The van der Waals surface area contributed by atoms with Crippen LogP contribution in [0.4, 0.5) is 5.69 Å². The lowest BCUT2D eigenvalue weighted by atomic mass is 10.1. The predicted molar refractivity (Wildman–Crippen MR) is 76.3 cm³/mol. The number of carbonyl (C=O) groups excluding carboxylic acids is 2. The monoisotopic (exact) mass is 276 g/mol. The van der Waals surface area contributed by atoms with E-state index in [9.17, 15) is 9.59 Å². The minimum Gasteiger partial charge on any atom is -0.369 e. The molecule has 20 heavy (non-hydrogen) atoms. The van der Waals surface area contributed by atoms with Gasteiger partial charge in [0.05, 0.1) is 5.92 Å². The molecule has 0 bridgehead atoms. The van der Waals surface area contributed by atoms with Crippen molar-refractivity contribution in [1.82, 2.24) is 15.2 Å². The van der Waals surface area contributed by atoms with Crippen molar-refractivity contribution in [3.8, 4) is 0 Å². The molecule has 2 heterocycles. The van der Waals surface area contributed by atoms with Crippen LogP contribution in [-0.4, -0.2) is 54.9 Å². The first kappa shape index (κ1) is 14.3. The molecule has 0 spiro atoms. The third-order valence-electron chi connectivity index (χ3n) is 3.61. The minimum atomic E-state index is -0.223. The van der Waals surface area contributed by atoms with Crippen LogP contribution in [-0.2, 0) is 9.59 Å². The van der Waals surface area contributed by atoms with Crippen molar-refractivity contribution >= 4 is 17.5 Å². The first-order valence-corrected chi connectivity index (χ1v) is 6.74. The Labute approximate surface area is 118 Å². The number of aromatic nitrogens is 1. The standard InChI is InChI=1S/C14H20N4O2/c1-11(19)17-7-8-18(13-3-5-16-6-4-13)10-12(9-17)14(20)15-2/h3-6,12H,7-10H2,1-2H3,(H,15,20)/t12-/m0/s1. The van der Waals surface area contributed by atoms with Crippen molar-refractivity contribution < 1.29 is 9.59 Å². The van der Waals surface area contributed by atoms with E-state index in [2.05, 4.69) is 15.2 Å². The molecule has 2 rings (SSSR count). The van der Waals surface area contributed by atoms with E-state index in [4.69, 9.17) is 0 Å². The van der Waals surface area contributed by atoms with Gasteiger partial charge in [0.25, 0.3) is 0 Å². The molecule has 1 aromatic rings. The number of nitrogens with one attached hydrogen (secondary N) is 1. The molecule has 0 saturated carbocycles. The van der Waals surface area contributed by atoms with Gasteiger partial charge in [-0.2, -0.15) is 0 Å². The van der Waals surface area contributed by atoms with Crippen molar-refractivity contribution in [3.05, 3.63) is 24.5 Å². The first-order chi connectivity index (χ1) is 9.61. The zero-order valence-electron chi connectivity index (χ0n) is 11.9. The van der Waals surface area contributed by atoms with E-state index in [0.717, 1.165) is 12.2 Å². The lowest BCUT2D eigenvalue weighted by Gasteiger charge is -2.24. The summed E-state index contributed by atoms with van der Waals surface area (Å²) in [5.74, 6) is -0.243. The number of carbonyl (C=O) groups is 2. The third-order valence-corrected chi connectivity index (χ3v) is 3.61. The topological polar surface area (TPSA) is 65.5 Å². The van der Waals surface area contributed by atoms with E-state index in [-0.39, 0.29) is 17.7 Å². The van der Waals surface area contributed by atoms with Crippen LogP contribution in [0.25, 0.3) is 0 Å². The summed E-state index contributed by atoms with van der Waals surface area (Å²) in [4.78, 5) is 31.5. The maximum absolute atomic E-state index is 12.0. The Hall–Kier alpha value is -2.11. The Morgan fingerprint density at radius 2 is 1.95 bits per heavy atom. The smallest absolute Gasteiger partial charge is 0.226 e. The van der Waals surface area contributed by atoms with Gasteiger partial charge in [-0.15, -0.1) is 0 Å². The Balaban J connectivity index is 2.20. The quantitative estimate of drug-likeness (QED) is 0.833. The van der Waals surface area contributed by atoms with Crippen molar-refractivity contribution in [3.63, 3.8) is 0 Å². The molecule has 6 heteroatoms. The minimum absolute atomic E-state index is 0.00971. The van der Waals surface area contributed by atoms with E-state index in [0.29, 0.717) is 19.6 Å². The second-order valence-electron chi connectivity index (χ2n) is 4.93. The molecule has 1 aromatic heterocycles. The van der Waals surface area contributed by atoms with E-state index in [1.54, 1.807) is 31.3 Å². The zero-order chi connectivity index (χ0) is 14.5. The van der Waals surface area contributed by atoms with Gasteiger partial charge < -0.3 is 15.1 Å². The summed E-state index contributed by atoms with van der Waals surface area (Å²) in [7, 11) is 1.63. The maximum atomic E-state index is 12.0. The molecule has 0 unspecified atom stereocenters. The molecule has 1 fully saturated rings. The zero-order valence-corrected chi connectivity index (χ0v) is 11.9. The summed E-state index contributed by atoms with van der Waals surface area (Å²) in [6.07, 6.45) is 3.47. The van der Waals surface area contributed by atoms with Crippen LogP contribution in [0.15, 0.2) is 24.5 Å². The normalized spacial score (nSPS) is 19.4. The molecule has 1 aliphatic rings. The number of rotatable bonds is 2. The summed E-state index contributed by atoms with van der Waals surface area (Å²) >= 11 is 0. The lowest BCUT2D eigenvalue weighted by molar-refractivity contribution is -0.130. The van der Waals surface area contributed by atoms with Crippen LogP contribution >= 0.6 is 0 Å². The van der Waals surface area contributed by atoms with Gasteiger partial charge in [-0.3, -0.25) is 14.6 Å². The molecule has 6 nitrogen and oxygen atoms in total. The Bertz CT molecular complexity index is 477. The summed E-state index contributed by atoms with van der Waals surface area (Å²) in [6.45, 7) is 3.97. The van der Waals surface area contributed by atoms with Gasteiger partial charge >= 0.3 is 0 Å². The van der Waals surface area contributed by atoms with Crippen LogP contribution in [0.1, 0.15) is 6.92 Å². The number of nitrogens with zero attached hydrogens (tertiary/aromatic N) is 3. The van der Waals surface area contributed by atoms with E-state index in [1.165, 1.54) is 0 Å². The number of anilines is 1. The molecule has 2 amide bonds. The second-order valence-corrected chi connectivity index (χ2v) is 4.93. The van der Waals surface area contributed by atoms with Crippen LogP contribution in [0.2, 0.25) is 0 Å². The van der Waals surface area contributed by atoms with Gasteiger partial charge in [-0.05, 0) is 12.1 Å². The third kappa shape index (κ3) is 3.26. The van der Waals surface area contributed by atoms with Gasteiger partial charge in [-0.25, -0.2) is 0 Å². The molecular formula is C14H20N4O2. The lowest BCUT2D eigenvalue weighted by Crippen LogP contribution is -2.41. The fourth-order valence-electron chi connectivity index (χ4n) is 2.46. The van der Waals surface area contributed by atoms with Gasteiger partial charge in [-0.1, -0.05) is 0 Å². The van der Waals surface area contributed by atoms with Gasteiger partial charge in [0.1, 0.15) is 0 Å². The highest BCUT2D eigenvalue weighted by Gasteiger charge is 2.28. The number of amides is 2. The molecule has 0 radical (unpaired) electrons. The summed E-state index contributed by atoms with van der Waals surface area (Å²) < 4.78 is 0. The Kier molecular flexibility index (Phi) is 4.55. The molecule has 1 N–H and O–H groups in total. The average Bonchev–Trinajstić information content (AvgIpc) is 2.70. The van der Waals surface area contributed by atoms with Crippen LogP contribution < -0.4 is 10.2 Å². The summed E-state index contributed by atoms with van der Waals surface area (Å²) in [5.41, 5.74) is 1.03. The largest absolute Gasteiger partial charge is 0.369 e. The van der Waals surface area contributed by atoms with Crippen LogP contribution in [0, 0.1) is 5.92 Å². The van der Waals surface area contributed by atoms with E-state index < -0.39 is 0 Å². The van der Waals surface area contributed by atoms with Gasteiger partial charge in [0.15, 0.2) is 0 Å². The summed E-state index contributed by atoms with van der Waals surface area (Å²) in [6, 6.07) is 3.84. The van der Waals surface area contributed by atoms with Crippen molar-refractivity contribution in [1.29, 1.82) is 0 Å². The van der Waals surface area contributed by atoms with Gasteiger partial charge in [0, 0.05) is 58.2 Å². The number of hydrogen-bond acceptors (Lipinski definition) is 4. The SMILES string of the molecule is CNC(=O)[C@H]1CN(C(C)=O)CCN(c2ccncc2)C1. The number of hydrogen-bond donors (Lipinski definition) is 1. The highest BCUT2D eigenvalue weighted by molar-refractivity contribution is 5.81. The first-order valence-electron chi connectivity index (χ1n) is 6.74. The predicted octanol–water partition coefficient (Wildman–Crippen LogP) is 0.112. The molecule has 1 atom stereocenters. The average molecular weight is 276 g/mol. The Morgan fingerprint density at radius 1 is 1.25 bits per heavy atom. The van der Waals surface area contributed by atoms with E-state index >= 15 is 0 Å². The molecule has 108 valence electrons. The fourth-order valence-corrected chi connectivity index (χ4v) is 2.46. The summed E-state index contributed by atoms with van der Waals surface area (Å²) in [5, 5.41) is 2.68. The molecular weight excluding hydrogens is 256 g/mol. The Morgan fingerprint density at radius 3 is 2.55 bits per heavy atom. The number of pyridine rings is 1. The van der Waals surface area contributed by atoms with Crippen molar-refractivity contribution in [2.75, 3.05) is 38.1 Å². The highest BCUT2D eigenvalue weighted by atomic mass is 16.2. The second kappa shape index (κ2) is 6.36. The molecule has 0 aromatic carbocycles. The highest BCUT2D eigenvalue weighted by Crippen LogP contribution is 2.18. The van der Waals surface area contributed by atoms with Crippen LogP contribution in [0.5, 0.6) is 0 Å². The van der Waals surface area contributed by atoms with Gasteiger partial charge in [0.2, 0.25) is 11.8 Å². The molecule has 1 saturated heterocycles. The van der Waals surface area contributed by atoms with Crippen molar-refractivity contribution in [2.45, 2.75) is 6.92 Å². The molecule has 1 aliphatic heterocycles. The maximum Gasteiger partial charge on any atom is 0.226 e. The van der Waals surface area contributed by atoms with E-state index in [1.807, 2.05) is 12.1 Å². The molecule has 0 aliphatic carbocycles.